The zero-order chi connectivity index (χ0) is 26.4. The molecule has 0 spiro atoms. The maximum absolute atomic E-state index is 13.5. The van der Waals surface area contributed by atoms with Crippen LogP contribution >= 0.6 is 0 Å². The number of hydrogen-bond donors (Lipinski definition) is 1. The van der Waals surface area contributed by atoms with E-state index in [1.807, 2.05) is 13.8 Å². The van der Waals surface area contributed by atoms with Gasteiger partial charge in [-0.1, -0.05) is 13.8 Å². The Morgan fingerprint density at radius 3 is 2.47 bits per heavy atom. The van der Waals surface area contributed by atoms with Crippen LogP contribution in [0.15, 0.2) is 42.5 Å². The molecule has 3 amide bonds. The largest absolute Gasteiger partial charge is 0.491 e. The molecule has 2 aromatic carbocycles. The lowest BCUT2D eigenvalue weighted by Crippen LogP contribution is -2.48. The monoisotopic (exact) mass is 499 g/mol. The highest BCUT2D eigenvalue weighted by Crippen LogP contribution is 2.27. The van der Waals surface area contributed by atoms with E-state index in [2.05, 4.69) is 5.32 Å². The second-order valence-electron chi connectivity index (χ2n) is 9.17. The van der Waals surface area contributed by atoms with Crippen molar-refractivity contribution in [2.45, 2.75) is 39.3 Å². The molecular formula is C27H34FN3O5. The fourth-order valence-corrected chi connectivity index (χ4v) is 4.14. The van der Waals surface area contributed by atoms with E-state index in [4.69, 9.17) is 9.47 Å². The fourth-order valence-electron chi connectivity index (χ4n) is 4.14. The first-order valence-corrected chi connectivity index (χ1v) is 12.1. The molecule has 0 aliphatic carbocycles. The molecule has 36 heavy (non-hydrogen) atoms. The lowest BCUT2D eigenvalue weighted by molar-refractivity contribution is -0.115. The molecule has 8 nitrogen and oxygen atoms in total. The summed E-state index contributed by atoms with van der Waals surface area (Å²) in [4.78, 5) is 41.9. The quantitative estimate of drug-likeness (QED) is 0.691. The molecular weight excluding hydrogens is 465 g/mol. The van der Waals surface area contributed by atoms with E-state index in [1.54, 1.807) is 49.1 Å². The van der Waals surface area contributed by atoms with E-state index in [1.165, 1.54) is 24.3 Å². The van der Waals surface area contributed by atoms with Crippen LogP contribution < -0.4 is 10.1 Å². The van der Waals surface area contributed by atoms with Gasteiger partial charge in [-0.15, -0.1) is 0 Å². The van der Waals surface area contributed by atoms with Gasteiger partial charge in [-0.2, -0.15) is 0 Å². The Bertz CT molecular complexity index is 1090. The summed E-state index contributed by atoms with van der Waals surface area (Å²) >= 11 is 0. The predicted molar refractivity (Wildman–Crippen MR) is 135 cm³/mol. The third kappa shape index (κ3) is 6.40. The van der Waals surface area contributed by atoms with Crippen molar-refractivity contribution in [3.05, 3.63) is 59.4 Å². The van der Waals surface area contributed by atoms with Gasteiger partial charge >= 0.3 is 0 Å². The highest BCUT2D eigenvalue weighted by molar-refractivity contribution is 5.98. The van der Waals surface area contributed by atoms with E-state index in [0.29, 0.717) is 42.1 Å². The number of fused-ring (bicyclic) bond motifs is 1. The van der Waals surface area contributed by atoms with Crippen molar-refractivity contribution in [3.8, 4) is 5.75 Å². The van der Waals surface area contributed by atoms with Crippen LogP contribution in [0.2, 0.25) is 0 Å². The molecule has 1 N–H and O–H groups in total. The smallest absolute Gasteiger partial charge is 0.257 e. The molecule has 1 heterocycles. The minimum absolute atomic E-state index is 0.104. The lowest BCUT2D eigenvalue weighted by Gasteiger charge is -2.36. The van der Waals surface area contributed by atoms with Crippen LogP contribution in [0.4, 0.5) is 10.1 Å². The molecule has 0 saturated heterocycles. The van der Waals surface area contributed by atoms with Gasteiger partial charge in [-0.05, 0) is 43.3 Å². The Balaban J connectivity index is 1.99. The van der Waals surface area contributed by atoms with Gasteiger partial charge < -0.3 is 24.6 Å². The van der Waals surface area contributed by atoms with Crippen LogP contribution in [-0.2, 0) is 9.53 Å². The fraction of sp³-hybridized carbons (Fsp3) is 0.444. The summed E-state index contributed by atoms with van der Waals surface area (Å²) in [7, 11) is 3.27. The standard InChI is InChI=1S/C27H34FN3O5/c1-6-25(32)29-21-11-12-22-23(13-21)36-16-18(3)31(26(33)19-7-9-20(28)10-8-19)14-17(2)24(35-5)15-30(4)27(22)34/h7-13,17-18,24H,6,14-16H2,1-5H3,(H,29,32)/t17-,18-,24+/m0/s1. The van der Waals surface area contributed by atoms with Gasteiger partial charge in [0, 0.05) is 56.9 Å². The molecule has 0 unspecified atom stereocenters. The van der Waals surface area contributed by atoms with Crippen LogP contribution in [0.5, 0.6) is 5.75 Å². The number of rotatable bonds is 4. The number of amides is 3. The van der Waals surface area contributed by atoms with Gasteiger partial charge in [-0.3, -0.25) is 14.4 Å². The van der Waals surface area contributed by atoms with E-state index >= 15 is 0 Å². The average molecular weight is 500 g/mol. The number of anilines is 1. The van der Waals surface area contributed by atoms with Crippen LogP contribution in [0.3, 0.4) is 0 Å². The Morgan fingerprint density at radius 1 is 1.14 bits per heavy atom. The average Bonchev–Trinajstić information content (AvgIpc) is 2.87. The van der Waals surface area contributed by atoms with E-state index in [0.717, 1.165) is 0 Å². The molecule has 194 valence electrons. The first-order valence-electron chi connectivity index (χ1n) is 12.1. The molecule has 0 aromatic heterocycles. The van der Waals surface area contributed by atoms with Crippen LogP contribution in [-0.4, -0.2) is 73.5 Å². The zero-order valence-electron chi connectivity index (χ0n) is 21.4. The van der Waals surface area contributed by atoms with Crippen molar-refractivity contribution in [3.63, 3.8) is 0 Å². The summed E-state index contributed by atoms with van der Waals surface area (Å²) in [5.74, 6) is -0.863. The Hall–Kier alpha value is -3.46. The van der Waals surface area contributed by atoms with E-state index < -0.39 is 5.82 Å². The number of ether oxygens (including phenoxy) is 2. The molecule has 9 heteroatoms. The summed E-state index contributed by atoms with van der Waals surface area (Å²) in [5.41, 5.74) is 1.23. The number of carbonyl (C=O) groups excluding carboxylic acids is 3. The number of benzene rings is 2. The van der Waals surface area contributed by atoms with Crippen LogP contribution in [0, 0.1) is 11.7 Å². The SMILES string of the molecule is CCC(=O)Nc1ccc2c(c1)OC[C@H](C)N(C(=O)c1ccc(F)cc1)C[C@H](C)[C@H](OC)CN(C)C2=O. The summed E-state index contributed by atoms with van der Waals surface area (Å²) in [5, 5.41) is 2.78. The summed E-state index contributed by atoms with van der Waals surface area (Å²) in [6.45, 7) is 6.33. The number of halogens is 1. The van der Waals surface area contributed by atoms with Crippen molar-refractivity contribution in [1.29, 1.82) is 0 Å². The highest BCUT2D eigenvalue weighted by Gasteiger charge is 2.31. The van der Waals surface area contributed by atoms with Crippen molar-refractivity contribution in [1.82, 2.24) is 9.80 Å². The maximum Gasteiger partial charge on any atom is 0.257 e. The second kappa shape index (κ2) is 12.0. The number of methoxy groups -OCH3 is 1. The molecule has 1 aliphatic heterocycles. The van der Waals surface area contributed by atoms with E-state index in [-0.39, 0.29) is 42.4 Å². The Morgan fingerprint density at radius 2 is 1.83 bits per heavy atom. The van der Waals surface area contributed by atoms with Gasteiger partial charge in [0.1, 0.15) is 18.2 Å². The normalized spacial score (nSPS) is 21.1. The Kier molecular flexibility index (Phi) is 9.03. The predicted octanol–water partition coefficient (Wildman–Crippen LogP) is 3.82. The van der Waals surface area contributed by atoms with Crippen molar-refractivity contribution in [2.24, 2.45) is 5.92 Å². The molecule has 0 fully saturated rings. The molecule has 2 aromatic rings. The van der Waals surface area contributed by atoms with Gasteiger partial charge in [0.2, 0.25) is 5.91 Å². The minimum Gasteiger partial charge on any atom is -0.491 e. The molecule has 0 bridgehead atoms. The maximum atomic E-state index is 13.5. The summed E-state index contributed by atoms with van der Waals surface area (Å²) in [6, 6.07) is 9.98. The first kappa shape index (κ1) is 27.1. The van der Waals surface area contributed by atoms with Gasteiger partial charge in [-0.25, -0.2) is 4.39 Å². The zero-order valence-corrected chi connectivity index (χ0v) is 21.4. The number of carbonyl (C=O) groups is 3. The second-order valence-corrected chi connectivity index (χ2v) is 9.17. The topological polar surface area (TPSA) is 88.2 Å². The molecule has 0 saturated carbocycles. The summed E-state index contributed by atoms with van der Waals surface area (Å²) < 4.78 is 25.3. The lowest BCUT2D eigenvalue weighted by atomic mass is 10.0. The van der Waals surface area contributed by atoms with E-state index in [9.17, 15) is 18.8 Å². The van der Waals surface area contributed by atoms with Crippen molar-refractivity contribution in [2.75, 3.05) is 39.2 Å². The van der Waals surface area contributed by atoms with Crippen LogP contribution in [0.1, 0.15) is 47.9 Å². The van der Waals surface area contributed by atoms with Crippen molar-refractivity contribution >= 4 is 23.4 Å². The highest BCUT2D eigenvalue weighted by atomic mass is 19.1. The molecule has 0 radical (unpaired) electrons. The minimum atomic E-state index is -0.417. The molecule has 3 atom stereocenters. The van der Waals surface area contributed by atoms with Gasteiger partial charge in [0.25, 0.3) is 11.8 Å². The number of nitrogens with one attached hydrogen (secondary N) is 1. The van der Waals surface area contributed by atoms with Gasteiger partial charge in [0.15, 0.2) is 0 Å². The van der Waals surface area contributed by atoms with Gasteiger partial charge in [0.05, 0.1) is 17.7 Å². The molecule has 1 aliphatic rings. The number of hydrogen-bond acceptors (Lipinski definition) is 5. The number of nitrogens with zero attached hydrogens (tertiary/aromatic N) is 2. The third-order valence-electron chi connectivity index (χ3n) is 6.40. The Labute approximate surface area is 211 Å². The van der Waals surface area contributed by atoms with Crippen molar-refractivity contribution < 1.29 is 28.2 Å². The first-order chi connectivity index (χ1) is 17.1. The summed E-state index contributed by atoms with van der Waals surface area (Å²) in [6.07, 6.45) is -0.0187. The molecule has 3 rings (SSSR count). The third-order valence-corrected chi connectivity index (χ3v) is 6.40. The number of likely N-dealkylation sites (N-methyl/N-ethyl adjacent to an activating group) is 1. The van der Waals surface area contributed by atoms with Crippen LogP contribution in [0.25, 0.3) is 0 Å².